The van der Waals surface area contributed by atoms with Crippen molar-refractivity contribution in [3.63, 3.8) is 0 Å². The molecule has 0 spiro atoms. The standard InChI is InChI=1S/C14H13BrO3/c1-17-13-7-11(14(16)18-2)12(8-15)9-5-3-4-6-10(9)13/h3-7H,8H2,1-2H3. The summed E-state index contributed by atoms with van der Waals surface area (Å²) in [7, 11) is 2.97. The normalized spacial score (nSPS) is 10.4. The highest BCUT2D eigenvalue weighted by Gasteiger charge is 2.17. The summed E-state index contributed by atoms with van der Waals surface area (Å²) in [6.07, 6.45) is 0. The maximum atomic E-state index is 11.8. The molecule has 94 valence electrons. The highest BCUT2D eigenvalue weighted by Crippen LogP contribution is 2.33. The number of hydrogen-bond donors (Lipinski definition) is 0. The second kappa shape index (κ2) is 5.40. The fraction of sp³-hybridized carbons (Fsp3) is 0.214. The predicted molar refractivity (Wildman–Crippen MR) is 74.5 cm³/mol. The molecule has 0 N–H and O–H groups in total. The van der Waals surface area contributed by atoms with Crippen LogP contribution in [-0.2, 0) is 10.1 Å². The molecule has 0 saturated heterocycles. The van der Waals surface area contributed by atoms with E-state index in [1.165, 1.54) is 7.11 Å². The molecule has 0 aliphatic heterocycles. The summed E-state index contributed by atoms with van der Waals surface area (Å²) in [6, 6.07) is 9.56. The van der Waals surface area contributed by atoms with Crippen LogP contribution in [0.2, 0.25) is 0 Å². The quantitative estimate of drug-likeness (QED) is 0.643. The SMILES string of the molecule is COC(=O)c1cc(OC)c2ccccc2c1CBr. The predicted octanol–water partition coefficient (Wildman–Crippen LogP) is 3.53. The van der Waals surface area contributed by atoms with Gasteiger partial charge < -0.3 is 9.47 Å². The van der Waals surface area contributed by atoms with Gasteiger partial charge >= 0.3 is 5.97 Å². The van der Waals surface area contributed by atoms with Crippen molar-refractivity contribution in [1.82, 2.24) is 0 Å². The van der Waals surface area contributed by atoms with E-state index in [0.29, 0.717) is 16.6 Å². The summed E-state index contributed by atoms with van der Waals surface area (Å²) in [5.41, 5.74) is 1.45. The third kappa shape index (κ3) is 2.08. The molecule has 0 atom stereocenters. The van der Waals surface area contributed by atoms with Crippen LogP contribution < -0.4 is 4.74 Å². The Hall–Kier alpha value is -1.55. The second-order valence-corrected chi connectivity index (χ2v) is 4.34. The van der Waals surface area contributed by atoms with Crippen molar-refractivity contribution >= 4 is 32.7 Å². The van der Waals surface area contributed by atoms with Crippen LogP contribution in [-0.4, -0.2) is 20.2 Å². The zero-order chi connectivity index (χ0) is 13.1. The number of halogens is 1. The first-order valence-corrected chi connectivity index (χ1v) is 6.58. The molecule has 0 amide bonds. The van der Waals surface area contributed by atoms with Crippen LogP contribution in [0, 0.1) is 0 Å². The lowest BCUT2D eigenvalue weighted by molar-refractivity contribution is 0.0599. The van der Waals surface area contributed by atoms with Crippen molar-refractivity contribution < 1.29 is 14.3 Å². The summed E-state index contributed by atoms with van der Waals surface area (Å²) in [5.74, 6) is 0.323. The molecule has 0 saturated carbocycles. The molecule has 2 aromatic rings. The van der Waals surface area contributed by atoms with E-state index >= 15 is 0 Å². The first kappa shape index (κ1) is 12.9. The number of methoxy groups -OCH3 is 2. The van der Waals surface area contributed by atoms with Gasteiger partial charge in [-0.2, -0.15) is 0 Å². The first-order chi connectivity index (χ1) is 8.72. The molecule has 18 heavy (non-hydrogen) atoms. The van der Waals surface area contributed by atoms with Gasteiger partial charge in [0.15, 0.2) is 0 Å². The third-order valence-corrected chi connectivity index (χ3v) is 3.44. The Morgan fingerprint density at radius 1 is 1.22 bits per heavy atom. The molecule has 0 aliphatic rings. The van der Waals surface area contributed by atoms with Gasteiger partial charge in [-0.15, -0.1) is 0 Å². The van der Waals surface area contributed by atoms with Crippen molar-refractivity contribution in [3.05, 3.63) is 41.5 Å². The summed E-state index contributed by atoms with van der Waals surface area (Å²) in [6.45, 7) is 0. The fourth-order valence-corrected chi connectivity index (χ4v) is 2.61. The van der Waals surface area contributed by atoms with Gasteiger partial charge in [0.05, 0.1) is 19.8 Å². The van der Waals surface area contributed by atoms with Gasteiger partial charge in [0.1, 0.15) is 5.75 Å². The molecular formula is C14H13BrO3. The Kier molecular flexibility index (Phi) is 3.87. The highest BCUT2D eigenvalue weighted by atomic mass is 79.9. The van der Waals surface area contributed by atoms with Crippen molar-refractivity contribution in [2.75, 3.05) is 14.2 Å². The summed E-state index contributed by atoms with van der Waals surface area (Å²) < 4.78 is 10.2. The number of esters is 1. The summed E-state index contributed by atoms with van der Waals surface area (Å²) in [4.78, 5) is 11.8. The van der Waals surface area contributed by atoms with E-state index in [0.717, 1.165) is 16.3 Å². The number of carbonyl (C=O) groups is 1. The number of rotatable bonds is 3. The molecule has 0 radical (unpaired) electrons. The van der Waals surface area contributed by atoms with Gasteiger partial charge in [-0.3, -0.25) is 0 Å². The largest absolute Gasteiger partial charge is 0.496 e. The van der Waals surface area contributed by atoms with Crippen molar-refractivity contribution in [2.45, 2.75) is 5.33 Å². The van der Waals surface area contributed by atoms with Gasteiger partial charge in [0, 0.05) is 10.7 Å². The van der Waals surface area contributed by atoms with Crippen LogP contribution in [0.3, 0.4) is 0 Å². The van der Waals surface area contributed by atoms with E-state index in [-0.39, 0.29) is 5.97 Å². The average Bonchev–Trinajstić information content (AvgIpc) is 2.44. The monoisotopic (exact) mass is 308 g/mol. The number of fused-ring (bicyclic) bond motifs is 1. The van der Waals surface area contributed by atoms with Crippen LogP contribution in [0.1, 0.15) is 15.9 Å². The number of alkyl halides is 1. The van der Waals surface area contributed by atoms with E-state index in [2.05, 4.69) is 15.9 Å². The van der Waals surface area contributed by atoms with Crippen LogP contribution in [0.25, 0.3) is 10.8 Å². The molecule has 4 heteroatoms. The lowest BCUT2D eigenvalue weighted by atomic mass is 9.99. The molecule has 0 heterocycles. The average molecular weight is 309 g/mol. The molecule has 2 rings (SSSR count). The second-order valence-electron chi connectivity index (χ2n) is 3.78. The molecule has 2 aromatic carbocycles. The molecule has 0 unspecified atom stereocenters. The van der Waals surface area contributed by atoms with Crippen molar-refractivity contribution in [2.24, 2.45) is 0 Å². The van der Waals surface area contributed by atoms with Gasteiger partial charge in [0.2, 0.25) is 0 Å². The zero-order valence-electron chi connectivity index (χ0n) is 10.2. The number of carbonyl (C=O) groups excluding carboxylic acids is 1. The number of hydrogen-bond acceptors (Lipinski definition) is 3. The molecule has 0 aromatic heterocycles. The van der Waals surface area contributed by atoms with E-state index in [1.54, 1.807) is 13.2 Å². The minimum Gasteiger partial charge on any atom is -0.496 e. The summed E-state index contributed by atoms with van der Waals surface area (Å²) in [5, 5.41) is 2.57. The Labute approximate surface area is 114 Å². The molecule has 3 nitrogen and oxygen atoms in total. The molecular weight excluding hydrogens is 296 g/mol. The molecule has 0 fully saturated rings. The number of benzene rings is 2. The van der Waals surface area contributed by atoms with Crippen molar-refractivity contribution in [3.8, 4) is 5.75 Å². The smallest absolute Gasteiger partial charge is 0.338 e. The van der Waals surface area contributed by atoms with E-state index < -0.39 is 0 Å². The minimum atomic E-state index is -0.353. The first-order valence-electron chi connectivity index (χ1n) is 5.45. The van der Waals surface area contributed by atoms with Crippen LogP contribution in [0.15, 0.2) is 30.3 Å². The lowest BCUT2D eigenvalue weighted by Gasteiger charge is -2.13. The van der Waals surface area contributed by atoms with Crippen LogP contribution >= 0.6 is 15.9 Å². The number of ether oxygens (including phenoxy) is 2. The van der Waals surface area contributed by atoms with Gasteiger partial charge in [-0.25, -0.2) is 4.79 Å². The lowest BCUT2D eigenvalue weighted by Crippen LogP contribution is -2.06. The van der Waals surface area contributed by atoms with Crippen LogP contribution in [0.4, 0.5) is 0 Å². The van der Waals surface area contributed by atoms with Crippen molar-refractivity contribution in [1.29, 1.82) is 0 Å². The van der Waals surface area contributed by atoms with Crippen LogP contribution in [0.5, 0.6) is 5.75 Å². The Bertz CT molecular complexity index is 593. The van der Waals surface area contributed by atoms with E-state index in [9.17, 15) is 4.79 Å². The van der Waals surface area contributed by atoms with Gasteiger partial charge in [-0.05, 0) is 17.0 Å². The molecule has 0 bridgehead atoms. The maximum absolute atomic E-state index is 11.8. The highest BCUT2D eigenvalue weighted by molar-refractivity contribution is 9.08. The maximum Gasteiger partial charge on any atom is 0.338 e. The Morgan fingerprint density at radius 2 is 1.89 bits per heavy atom. The third-order valence-electron chi connectivity index (χ3n) is 2.88. The Balaban J connectivity index is 2.83. The van der Waals surface area contributed by atoms with Gasteiger partial charge in [0.25, 0.3) is 0 Å². The fourth-order valence-electron chi connectivity index (χ4n) is 2.01. The van der Waals surface area contributed by atoms with E-state index in [1.807, 2.05) is 24.3 Å². The van der Waals surface area contributed by atoms with E-state index in [4.69, 9.17) is 9.47 Å². The minimum absolute atomic E-state index is 0.353. The zero-order valence-corrected chi connectivity index (χ0v) is 11.8. The Morgan fingerprint density at radius 3 is 2.44 bits per heavy atom. The van der Waals surface area contributed by atoms with Gasteiger partial charge in [-0.1, -0.05) is 40.2 Å². The molecule has 0 aliphatic carbocycles. The topological polar surface area (TPSA) is 35.5 Å². The summed E-state index contributed by atoms with van der Waals surface area (Å²) >= 11 is 3.42.